The molecule has 0 saturated carbocycles. The van der Waals surface area contributed by atoms with E-state index in [1.54, 1.807) is 30.3 Å². The number of unbranched alkanes of at least 4 members (excludes halogenated alkanes) is 2. The van der Waals surface area contributed by atoms with Gasteiger partial charge in [-0.05, 0) is 6.42 Å². The van der Waals surface area contributed by atoms with Crippen molar-refractivity contribution in [1.29, 1.82) is 0 Å². The minimum atomic E-state index is -0.898. The van der Waals surface area contributed by atoms with Crippen LogP contribution in [0.2, 0.25) is 0 Å². The number of hydrogen-bond acceptors (Lipinski definition) is 9. The second-order valence-corrected chi connectivity index (χ2v) is 6.96. The molecule has 9 nitrogen and oxygen atoms in total. The fraction of sp³-hybridized carbons (Fsp3) is 0.625. The van der Waals surface area contributed by atoms with E-state index in [2.05, 4.69) is 6.92 Å². The van der Waals surface area contributed by atoms with E-state index < -0.39 is 11.8 Å². The molecule has 33 heavy (non-hydrogen) atoms. The highest BCUT2D eigenvalue weighted by Crippen LogP contribution is 2.01. The summed E-state index contributed by atoms with van der Waals surface area (Å²) in [5.74, 6) is -1.75. The number of esters is 2. The molecular weight excluding hydrogens is 432 g/mol. The van der Waals surface area contributed by atoms with Crippen molar-refractivity contribution in [2.24, 2.45) is 0 Å². The van der Waals surface area contributed by atoms with Crippen LogP contribution in [0.25, 0.3) is 0 Å². The van der Waals surface area contributed by atoms with Gasteiger partial charge in [-0.15, -0.1) is 0 Å². The molecule has 1 rings (SSSR count). The minimum absolute atomic E-state index is 0.00141. The number of carbonyl (C=O) groups is 3. The van der Waals surface area contributed by atoms with Gasteiger partial charge in [0.1, 0.15) is 13.2 Å². The molecule has 0 bridgehead atoms. The van der Waals surface area contributed by atoms with Gasteiger partial charge in [0.15, 0.2) is 0 Å². The second-order valence-electron chi connectivity index (χ2n) is 6.96. The van der Waals surface area contributed by atoms with Crippen molar-refractivity contribution in [1.82, 2.24) is 0 Å². The predicted octanol–water partition coefficient (Wildman–Crippen LogP) is 2.60. The average molecular weight is 469 g/mol. The van der Waals surface area contributed by atoms with Crippen LogP contribution in [0.5, 0.6) is 0 Å². The molecule has 9 heteroatoms. The summed E-state index contributed by atoms with van der Waals surface area (Å²) in [5.41, 5.74) is 0.296. The normalized spacial score (nSPS) is 10.7. The van der Waals surface area contributed by atoms with Crippen LogP contribution in [0.1, 0.15) is 43.0 Å². The summed E-state index contributed by atoms with van der Waals surface area (Å²) in [4.78, 5) is 34.9. The molecule has 186 valence electrons. The SMILES string of the molecule is CCCCCC(=O)OCCOCCOCCOCCOCCOC(=O)C(=O)c1ccccc1. The molecule has 1 aromatic carbocycles. The number of rotatable bonds is 21. The lowest BCUT2D eigenvalue weighted by molar-refractivity contribution is -0.145. The Balaban J connectivity index is 1.80. The third-order valence-corrected chi connectivity index (χ3v) is 4.27. The van der Waals surface area contributed by atoms with Gasteiger partial charge >= 0.3 is 11.9 Å². The predicted molar refractivity (Wildman–Crippen MR) is 120 cm³/mol. The van der Waals surface area contributed by atoms with Crippen LogP contribution in [0, 0.1) is 0 Å². The molecule has 1 aromatic rings. The van der Waals surface area contributed by atoms with Crippen molar-refractivity contribution in [2.45, 2.75) is 32.6 Å². The van der Waals surface area contributed by atoms with Gasteiger partial charge in [-0.25, -0.2) is 4.79 Å². The molecule has 0 aliphatic carbocycles. The smallest absolute Gasteiger partial charge is 0.379 e. The van der Waals surface area contributed by atoms with Crippen LogP contribution in [0.15, 0.2) is 30.3 Å². The molecular formula is C24H36O9. The summed E-state index contributed by atoms with van der Waals surface area (Å²) in [6, 6.07) is 8.24. The lowest BCUT2D eigenvalue weighted by Crippen LogP contribution is -2.20. The fourth-order valence-electron chi connectivity index (χ4n) is 2.53. The summed E-state index contributed by atoms with van der Waals surface area (Å²) in [6.45, 7) is 5.28. The van der Waals surface area contributed by atoms with Gasteiger partial charge in [-0.2, -0.15) is 0 Å². The summed E-state index contributed by atoms with van der Waals surface area (Å²) in [7, 11) is 0. The molecule has 0 spiro atoms. The minimum Gasteiger partial charge on any atom is -0.463 e. The Morgan fingerprint density at radius 2 is 1.12 bits per heavy atom. The molecule has 0 fully saturated rings. The van der Waals surface area contributed by atoms with E-state index in [4.69, 9.17) is 28.4 Å². The van der Waals surface area contributed by atoms with E-state index in [0.29, 0.717) is 58.2 Å². The number of hydrogen-bond donors (Lipinski definition) is 0. The fourth-order valence-corrected chi connectivity index (χ4v) is 2.53. The third-order valence-electron chi connectivity index (χ3n) is 4.27. The van der Waals surface area contributed by atoms with Crippen LogP contribution in [-0.4, -0.2) is 83.8 Å². The zero-order chi connectivity index (χ0) is 24.0. The monoisotopic (exact) mass is 468 g/mol. The van der Waals surface area contributed by atoms with Gasteiger partial charge in [0.2, 0.25) is 0 Å². The van der Waals surface area contributed by atoms with E-state index in [1.807, 2.05) is 0 Å². The molecule has 0 aromatic heterocycles. The van der Waals surface area contributed by atoms with Crippen LogP contribution < -0.4 is 0 Å². The van der Waals surface area contributed by atoms with Crippen molar-refractivity contribution >= 4 is 17.7 Å². The Kier molecular flexibility index (Phi) is 17.6. The number of ketones is 1. The Morgan fingerprint density at radius 3 is 1.64 bits per heavy atom. The summed E-state index contributed by atoms with van der Waals surface area (Å²) >= 11 is 0. The first kappa shape index (κ1) is 28.7. The van der Waals surface area contributed by atoms with Crippen LogP contribution in [-0.2, 0) is 38.0 Å². The molecule has 0 atom stereocenters. The van der Waals surface area contributed by atoms with Crippen LogP contribution in [0.4, 0.5) is 0 Å². The lowest BCUT2D eigenvalue weighted by Gasteiger charge is -2.08. The van der Waals surface area contributed by atoms with Gasteiger partial charge in [0.25, 0.3) is 5.78 Å². The molecule has 0 heterocycles. The van der Waals surface area contributed by atoms with Gasteiger partial charge < -0.3 is 28.4 Å². The number of Topliss-reactive ketones (excluding diaryl/α,β-unsaturated/α-hetero) is 1. The standard InChI is InChI=1S/C24H36O9/c1-2-3-5-10-22(25)32-19-17-30-15-13-28-11-12-29-14-16-31-18-20-33-24(27)23(26)21-8-6-4-7-9-21/h4,6-9H,2-3,5,10-20H2,1H3. The topological polar surface area (TPSA) is 107 Å². The first-order valence-corrected chi connectivity index (χ1v) is 11.4. The largest absolute Gasteiger partial charge is 0.463 e. The first-order valence-electron chi connectivity index (χ1n) is 11.4. The molecule has 0 aliphatic heterocycles. The van der Waals surface area contributed by atoms with E-state index in [0.717, 1.165) is 19.3 Å². The summed E-state index contributed by atoms with van der Waals surface area (Å²) in [5, 5.41) is 0. The van der Waals surface area contributed by atoms with Crippen molar-refractivity contribution in [3.63, 3.8) is 0 Å². The maximum absolute atomic E-state index is 11.8. The highest BCUT2D eigenvalue weighted by molar-refractivity contribution is 6.40. The average Bonchev–Trinajstić information content (AvgIpc) is 2.83. The molecule has 0 radical (unpaired) electrons. The zero-order valence-electron chi connectivity index (χ0n) is 19.5. The molecule has 0 N–H and O–H groups in total. The van der Waals surface area contributed by atoms with E-state index in [-0.39, 0.29) is 25.8 Å². The van der Waals surface area contributed by atoms with Gasteiger partial charge in [-0.1, -0.05) is 50.1 Å². The Hall–Kier alpha value is -2.33. The Bertz CT molecular complexity index is 649. The number of ether oxygens (including phenoxy) is 6. The van der Waals surface area contributed by atoms with E-state index >= 15 is 0 Å². The second kappa shape index (κ2) is 20.3. The number of benzene rings is 1. The molecule has 0 unspecified atom stereocenters. The highest BCUT2D eigenvalue weighted by atomic mass is 16.6. The molecule has 0 saturated heterocycles. The summed E-state index contributed by atoms with van der Waals surface area (Å²) < 4.78 is 31.3. The highest BCUT2D eigenvalue weighted by Gasteiger charge is 2.17. The van der Waals surface area contributed by atoms with Crippen molar-refractivity contribution in [3.05, 3.63) is 35.9 Å². The zero-order valence-corrected chi connectivity index (χ0v) is 19.5. The third kappa shape index (κ3) is 16.0. The lowest BCUT2D eigenvalue weighted by atomic mass is 10.1. The van der Waals surface area contributed by atoms with Gasteiger partial charge in [-0.3, -0.25) is 9.59 Å². The molecule has 0 aliphatic rings. The van der Waals surface area contributed by atoms with Crippen molar-refractivity contribution < 1.29 is 42.8 Å². The summed E-state index contributed by atoms with van der Waals surface area (Å²) in [6.07, 6.45) is 3.44. The van der Waals surface area contributed by atoms with Crippen molar-refractivity contribution in [2.75, 3.05) is 66.1 Å². The van der Waals surface area contributed by atoms with Gasteiger partial charge in [0.05, 0.1) is 52.9 Å². The van der Waals surface area contributed by atoms with Gasteiger partial charge in [0, 0.05) is 12.0 Å². The Labute approximate surface area is 195 Å². The quantitative estimate of drug-likeness (QED) is 0.116. The number of carbonyl (C=O) groups excluding carboxylic acids is 3. The Morgan fingerprint density at radius 1 is 0.636 bits per heavy atom. The van der Waals surface area contributed by atoms with Crippen LogP contribution >= 0.6 is 0 Å². The maximum Gasteiger partial charge on any atom is 0.379 e. The maximum atomic E-state index is 11.8. The van der Waals surface area contributed by atoms with E-state index in [1.165, 1.54) is 0 Å². The van der Waals surface area contributed by atoms with Crippen molar-refractivity contribution in [3.8, 4) is 0 Å². The molecule has 0 amide bonds. The van der Waals surface area contributed by atoms with Crippen LogP contribution in [0.3, 0.4) is 0 Å². The first-order chi connectivity index (χ1) is 16.1. The van der Waals surface area contributed by atoms with E-state index in [9.17, 15) is 14.4 Å².